The quantitative estimate of drug-likeness (QED) is 0.768. The SMILES string of the molecule is CCCNC(c1sccc1Br)C(CCC)OC. The fraction of sp³-hybridized carbons (Fsp3) is 0.692. The fourth-order valence-corrected chi connectivity index (χ4v) is 3.67. The molecule has 0 bridgehead atoms. The molecule has 0 aliphatic rings. The van der Waals surface area contributed by atoms with Gasteiger partial charge >= 0.3 is 0 Å². The maximum atomic E-state index is 5.65. The Morgan fingerprint density at radius 2 is 2.18 bits per heavy atom. The van der Waals surface area contributed by atoms with Gasteiger partial charge < -0.3 is 10.1 Å². The van der Waals surface area contributed by atoms with Gasteiger partial charge in [0.2, 0.25) is 0 Å². The Morgan fingerprint density at radius 3 is 2.65 bits per heavy atom. The molecule has 0 aromatic carbocycles. The van der Waals surface area contributed by atoms with E-state index < -0.39 is 0 Å². The Balaban J connectivity index is 2.82. The van der Waals surface area contributed by atoms with Gasteiger partial charge in [0, 0.05) is 16.5 Å². The first kappa shape index (κ1) is 15.2. The number of hydrogen-bond acceptors (Lipinski definition) is 3. The van der Waals surface area contributed by atoms with E-state index in [1.807, 2.05) is 7.11 Å². The second kappa shape index (κ2) is 8.25. The summed E-state index contributed by atoms with van der Waals surface area (Å²) in [6, 6.07) is 2.41. The number of nitrogens with one attached hydrogen (secondary N) is 1. The molecular formula is C13H22BrNOS. The normalized spacial score (nSPS) is 14.8. The molecule has 1 aromatic rings. The van der Waals surface area contributed by atoms with E-state index in [1.54, 1.807) is 11.3 Å². The summed E-state index contributed by atoms with van der Waals surface area (Å²) < 4.78 is 6.84. The van der Waals surface area contributed by atoms with Crippen LogP contribution in [-0.2, 0) is 4.74 Å². The van der Waals surface area contributed by atoms with Gasteiger partial charge in [-0.15, -0.1) is 11.3 Å². The minimum atomic E-state index is 0.251. The van der Waals surface area contributed by atoms with Crippen LogP contribution in [0.5, 0.6) is 0 Å². The lowest BCUT2D eigenvalue weighted by Gasteiger charge is -2.26. The molecule has 98 valence electrons. The minimum absolute atomic E-state index is 0.251. The third kappa shape index (κ3) is 4.36. The van der Waals surface area contributed by atoms with Crippen molar-refractivity contribution in [3.05, 3.63) is 20.8 Å². The van der Waals surface area contributed by atoms with Crippen molar-refractivity contribution in [3.63, 3.8) is 0 Å². The summed E-state index contributed by atoms with van der Waals surface area (Å²) >= 11 is 5.41. The highest BCUT2D eigenvalue weighted by Gasteiger charge is 2.24. The van der Waals surface area contributed by atoms with Crippen molar-refractivity contribution in [3.8, 4) is 0 Å². The first-order valence-electron chi connectivity index (χ1n) is 6.23. The number of thiophene rings is 1. The highest BCUT2D eigenvalue weighted by Crippen LogP contribution is 2.33. The van der Waals surface area contributed by atoms with Crippen LogP contribution < -0.4 is 5.32 Å². The Kier molecular flexibility index (Phi) is 7.35. The number of ether oxygens (including phenoxy) is 1. The highest BCUT2D eigenvalue weighted by molar-refractivity contribution is 9.10. The van der Waals surface area contributed by atoms with E-state index in [4.69, 9.17) is 4.74 Å². The lowest BCUT2D eigenvalue weighted by molar-refractivity contribution is 0.0615. The zero-order valence-corrected chi connectivity index (χ0v) is 13.2. The van der Waals surface area contributed by atoms with Crippen molar-refractivity contribution in [1.29, 1.82) is 0 Å². The van der Waals surface area contributed by atoms with Crippen LogP contribution in [0, 0.1) is 0 Å². The largest absolute Gasteiger partial charge is 0.379 e. The molecular weight excluding hydrogens is 298 g/mol. The van der Waals surface area contributed by atoms with Gasteiger partial charge in [0.05, 0.1) is 12.1 Å². The summed E-state index contributed by atoms with van der Waals surface area (Å²) in [6.45, 7) is 5.42. The predicted molar refractivity (Wildman–Crippen MR) is 78.8 cm³/mol. The third-order valence-corrected chi connectivity index (χ3v) is 4.74. The summed E-state index contributed by atoms with van der Waals surface area (Å²) in [7, 11) is 1.81. The van der Waals surface area contributed by atoms with Crippen LogP contribution >= 0.6 is 27.3 Å². The Bertz CT molecular complexity index is 316. The lowest BCUT2D eigenvalue weighted by Crippen LogP contribution is -2.33. The maximum absolute atomic E-state index is 5.65. The van der Waals surface area contributed by atoms with Crippen LogP contribution in [0.15, 0.2) is 15.9 Å². The summed E-state index contributed by atoms with van der Waals surface area (Å²) in [4.78, 5) is 1.35. The average Bonchev–Trinajstić information content (AvgIpc) is 2.75. The van der Waals surface area contributed by atoms with Gasteiger partial charge in [0.1, 0.15) is 0 Å². The molecule has 1 aromatic heterocycles. The molecule has 0 amide bonds. The molecule has 2 atom stereocenters. The monoisotopic (exact) mass is 319 g/mol. The Labute approximate surface area is 117 Å². The topological polar surface area (TPSA) is 21.3 Å². The van der Waals surface area contributed by atoms with E-state index in [-0.39, 0.29) is 6.10 Å². The van der Waals surface area contributed by atoms with E-state index in [0.717, 1.165) is 25.8 Å². The van der Waals surface area contributed by atoms with Crippen LogP contribution in [0.2, 0.25) is 0 Å². The van der Waals surface area contributed by atoms with Gasteiger partial charge in [-0.25, -0.2) is 0 Å². The second-order valence-electron chi connectivity index (χ2n) is 4.13. The molecule has 2 unspecified atom stereocenters. The first-order valence-corrected chi connectivity index (χ1v) is 7.90. The maximum Gasteiger partial charge on any atom is 0.0774 e. The molecule has 17 heavy (non-hydrogen) atoms. The predicted octanol–water partition coefficient (Wildman–Crippen LogP) is 4.37. The standard InChI is InChI=1S/C13H22BrNOS/c1-4-6-11(16-3)12(15-8-5-2)13-10(14)7-9-17-13/h7,9,11-12,15H,4-6,8H2,1-3H3. The third-order valence-electron chi connectivity index (χ3n) is 2.79. The molecule has 0 fully saturated rings. The van der Waals surface area contributed by atoms with Gasteiger partial charge in [-0.2, -0.15) is 0 Å². The molecule has 1 rings (SSSR count). The summed E-state index contributed by atoms with van der Waals surface area (Å²) in [6.07, 6.45) is 3.62. The highest BCUT2D eigenvalue weighted by atomic mass is 79.9. The van der Waals surface area contributed by atoms with Gasteiger partial charge in [-0.05, 0) is 46.8 Å². The van der Waals surface area contributed by atoms with Crippen LogP contribution in [0.4, 0.5) is 0 Å². The summed E-state index contributed by atoms with van der Waals surface area (Å²) in [5.41, 5.74) is 0. The van der Waals surface area contributed by atoms with Crippen molar-refractivity contribution in [2.24, 2.45) is 0 Å². The van der Waals surface area contributed by atoms with E-state index in [9.17, 15) is 0 Å². The molecule has 0 saturated carbocycles. The smallest absolute Gasteiger partial charge is 0.0774 e. The molecule has 1 N–H and O–H groups in total. The molecule has 0 aliphatic carbocycles. The number of methoxy groups -OCH3 is 1. The number of rotatable bonds is 8. The van der Waals surface area contributed by atoms with Crippen molar-refractivity contribution >= 4 is 27.3 Å². The van der Waals surface area contributed by atoms with Gasteiger partial charge in [0.25, 0.3) is 0 Å². The number of hydrogen-bond donors (Lipinski definition) is 1. The van der Waals surface area contributed by atoms with E-state index in [0.29, 0.717) is 6.04 Å². The van der Waals surface area contributed by atoms with Crippen LogP contribution in [0.1, 0.15) is 44.0 Å². The Morgan fingerprint density at radius 1 is 1.41 bits per heavy atom. The van der Waals surface area contributed by atoms with Crippen LogP contribution in [0.3, 0.4) is 0 Å². The molecule has 0 saturated heterocycles. The van der Waals surface area contributed by atoms with Gasteiger partial charge in [0.15, 0.2) is 0 Å². The van der Waals surface area contributed by atoms with Gasteiger partial charge in [-0.1, -0.05) is 20.3 Å². The molecule has 4 heteroatoms. The molecule has 1 heterocycles. The zero-order valence-electron chi connectivity index (χ0n) is 10.8. The lowest BCUT2D eigenvalue weighted by atomic mass is 10.0. The average molecular weight is 320 g/mol. The molecule has 0 aliphatic heterocycles. The van der Waals surface area contributed by atoms with Crippen molar-refractivity contribution < 1.29 is 4.74 Å². The van der Waals surface area contributed by atoms with Crippen molar-refractivity contribution in [2.45, 2.75) is 45.3 Å². The summed E-state index contributed by atoms with van der Waals surface area (Å²) in [5, 5.41) is 5.73. The number of halogens is 1. The van der Waals surface area contributed by atoms with Crippen molar-refractivity contribution in [1.82, 2.24) is 5.32 Å². The van der Waals surface area contributed by atoms with E-state index >= 15 is 0 Å². The molecule has 0 spiro atoms. The first-order chi connectivity index (χ1) is 8.24. The summed E-state index contributed by atoms with van der Waals surface area (Å²) in [5.74, 6) is 0. The van der Waals surface area contributed by atoms with Crippen molar-refractivity contribution in [2.75, 3.05) is 13.7 Å². The van der Waals surface area contributed by atoms with E-state index in [2.05, 4.69) is 46.5 Å². The molecule has 0 radical (unpaired) electrons. The molecule has 2 nitrogen and oxygen atoms in total. The van der Waals surface area contributed by atoms with E-state index in [1.165, 1.54) is 9.35 Å². The minimum Gasteiger partial charge on any atom is -0.379 e. The fourth-order valence-electron chi connectivity index (χ4n) is 1.93. The Hall–Kier alpha value is 0.1000. The van der Waals surface area contributed by atoms with Crippen LogP contribution in [-0.4, -0.2) is 19.8 Å². The second-order valence-corrected chi connectivity index (χ2v) is 5.93. The van der Waals surface area contributed by atoms with Gasteiger partial charge in [-0.3, -0.25) is 0 Å². The zero-order chi connectivity index (χ0) is 12.7. The van der Waals surface area contributed by atoms with Crippen LogP contribution in [0.25, 0.3) is 0 Å².